The van der Waals surface area contributed by atoms with E-state index in [1.54, 1.807) is 30.3 Å². The molecule has 0 spiro atoms. The van der Waals surface area contributed by atoms with E-state index in [4.69, 9.17) is 16.0 Å². The SMILES string of the molecule is CCCCc1nc(O)c(-c2nnc(Cc3ccc(Cl)cn3)o2)c(=O)n1C(C)c1cccc(C#N)c1. The van der Waals surface area contributed by atoms with E-state index in [0.29, 0.717) is 28.5 Å². The number of hydrogen-bond donors (Lipinski definition) is 1. The average molecular weight is 491 g/mol. The smallest absolute Gasteiger partial charge is 0.270 e. The van der Waals surface area contributed by atoms with Crippen molar-refractivity contribution in [2.75, 3.05) is 0 Å². The highest BCUT2D eigenvalue weighted by molar-refractivity contribution is 6.30. The van der Waals surface area contributed by atoms with Crippen molar-refractivity contribution in [1.82, 2.24) is 24.7 Å². The lowest BCUT2D eigenvalue weighted by Gasteiger charge is -2.20. The molecule has 3 heterocycles. The molecule has 10 heteroatoms. The summed E-state index contributed by atoms with van der Waals surface area (Å²) in [6, 6.07) is 12.2. The molecular formula is C25H23ClN6O3. The topological polar surface area (TPSA) is 131 Å². The number of unbranched alkanes of at least 4 members (excludes halogenated alkanes) is 1. The lowest BCUT2D eigenvalue weighted by atomic mass is 10.0. The average Bonchev–Trinajstić information content (AvgIpc) is 3.31. The first kappa shape index (κ1) is 24.1. The molecule has 0 saturated carbocycles. The van der Waals surface area contributed by atoms with Crippen molar-refractivity contribution in [3.05, 3.63) is 86.5 Å². The fourth-order valence-corrected chi connectivity index (χ4v) is 3.88. The zero-order valence-electron chi connectivity index (χ0n) is 19.3. The zero-order valence-corrected chi connectivity index (χ0v) is 20.0. The predicted octanol–water partition coefficient (Wildman–Crippen LogP) is 4.46. The van der Waals surface area contributed by atoms with Gasteiger partial charge in [-0.2, -0.15) is 10.2 Å². The van der Waals surface area contributed by atoms with Gasteiger partial charge < -0.3 is 9.52 Å². The van der Waals surface area contributed by atoms with Crippen molar-refractivity contribution in [3.8, 4) is 23.4 Å². The third-order valence-electron chi connectivity index (χ3n) is 5.61. The van der Waals surface area contributed by atoms with Gasteiger partial charge in [0.2, 0.25) is 11.8 Å². The summed E-state index contributed by atoms with van der Waals surface area (Å²) < 4.78 is 7.23. The van der Waals surface area contributed by atoms with Crippen molar-refractivity contribution in [2.45, 2.75) is 45.6 Å². The van der Waals surface area contributed by atoms with Crippen LogP contribution in [0.5, 0.6) is 5.88 Å². The number of rotatable bonds is 8. The number of aryl methyl sites for hydroxylation is 1. The molecule has 0 radical (unpaired) electrons. The van der Waals surface area contributed by atoms with E-state index in [0.717, 1.165) is 18.4 Å². The molecule has 0 aliphatic carbocycles. The molecule has 0 aliphatic heterocycles. The zero-order chi connectivity index (χ0) is 24.9. The Balaban J connectivity index is 1.77. The molecule has 0 aliphatic rings. The molecule has 9 nitrogen and oxygen atoms in total. The Morgan fingerprint density at radius 3 is 2.80 bits per heavy atom. The van der Waals surface area contributed by atoms with Crippen LogP contribution < -0.4 is 5.56 Å². The van der Waals surface area contributed by atoms with Gasteiger partial charge in [-0.05, 0) is 43.2 Å². The normalized spacial score (nSPS) is 11.8. The molecule has 1 N–H and O–H groups in total. The highest BCUT2D eigenvalue weighted by atomic mass is 35.5. The van der Waals surface area contributed by atoms with Crippen molar-refractivity contribution in [1.29, 1.82) is 5.26 Å². The van der Waals surface area contributed by atoms with Gasteiger partial charge in [-0.3, -0.25) is 14.3 Å². The minimum atomic E-state index is -0.502. The fraction of sp³-hybridized carbons (Fsp3) is 0.280. The van der Waals surface area contributed by atoms with Gasteiger partial charge in [0, 0.05) is 18.3 Å². The van der Waals surface area contributed by atoms with E-state index >= 15 is 0 Å². The number of hydrogen-bond acceptors (Lipinski definition) is 8. The molecule has 0 amide bonds. The van der Waals surface area contributed by atoms with Gasteiger partial charge in [0.15, 0.2) is 5.56 Å². The largest absolute Gasteiger partial charge is 0.493 e. The first-order valence-corrected chi connectivity index (χ1v) is 11.6. The van der Waals surface area contributed by atoms with Crippen LogP contribution in [0.3, 0.4) is 0 Å². The second-order valence-electron chi connectivity index (χ2n) is 8.06. The number of nitrogens with zero attached hydrogens (tertiary/aromatic N) is 6. The summed E-state index contributed by atoms with van der Waals surface area (Å²) in [5, 5.41) is 28.5. The maximum atomic E-state index is 13.7. The fourth-order valence-electron chi connectivity index (χ4n) is 3.77. The van der Waals surface area contributed by atoms with Gasteiger partial charge in [-0.15, -0.1) is 10.2 Å². The molecule has 178 valence electrons. The number of benzene rings is 1. The monoisotopic (exact) mass is 490 g/mol. The number of aromatic hydroxyl groups is 1. The third kappa shape index (κ3) is 5.23. The summed E-state index contributed by atoms with van der Waals surface area (Å²) in [6.07, 6.45) is 3.93. The minimum Gasteiger partial charge on any atom is -0.493 e. The summed E-state index contributed by atoms with van der Waals surface area (Å²) >= 11 is 5.88. The van der Waals surface area contributed by atoms with Crippen LogP contribution in [-0.2, 0) is 12.8 Å². The van der Waals surface area contributed by atoms with Gasteiger partial charge in [0.05, 0.1) is 29.1 Å². The summed E-state index contributed by atoms with van der Waals surface area (Å²) in [6.45, 7) is 3.88. The molecule has 1 aromatic carbocycles. The van der Waals surface area contributed by atoms with E-state index in [2.05, 4.69) is 26.2 Å². The van der Waals surface area contributed by atoms with Gasteiger partial charge in [-0.25, -0.2) is 0 Å². The molecular weight excluding hydrogens is 468 g/mol. The van der Waals surface area contributed by atoms with E-state index in [1.165, 1.54) is 10.8 Å². The second kappa shape index (κ2) is 10.5. The first-order valence-electron chi connectivity index (χ1n) is 11.2. The summed E-state index contributed by atoms with van der Waals surface area (Å²) in [5.41, 5.74) is 1.24. The molecule has 1 atom stereocenters. The summed E-state index contributed by atoms with van der Waals surface area (Å²) in [4.78, 5) is 22.2. The molecule has 3 aromatic heterocycles. The van der Waals surface area contributed by atoms with Gasteiger partial charge >= 0.3 is 0 Å². The molecule has 0 fully saturated rings. The standard InChI is InChI=1S/C25H23ClN6O3/c1-3-4-8-20-29-23(33)22(24-31-30-21(35-24)12-19-10-9-18(26)14-28-19)25(34)32(20)15(2)17-7-5-6-16(11-17)13-27/h5-7,9-11,14-15,33H,3-4,8,12H2,1-2H3. The predicted molar refractivity (Wildman–Crippen MR) is 129 cm³/mol. The molecule has 0 saturated heterocycles. The molecule has 4 aromatic rings. The minimum absolute atomic E-state index is 0.127. The second-order valence-corrected chi connectivity index (χ2v) is 8.50. The Kier molecular flexibility index (Phi) is 7.22. The van der Waals surface area contributed by atoms with E-state index in [1.807, 2.05) is 19.9 Å². The number of aromatic nitrogens is 5. The summed E-state index contributed by atoms with van der Waals surface area (Å²) in [7, 11) is 0. The quantitative estimate of drug-likeness (QED) is 0.383. The van der Waals surface area contributed by atoms with E-state index in [9.17, 15) is 15.2 Å². The van der Waals surface area contributed by atoms with Crippen molar-refractivity contribution in [2.24, 2.45) is 0 Å². The Morgan fingerprint density at radius 2 is 2.09 bits per heavy atom. The van der Waals surface area contributed by atoms with Crippen LogP contribution in [0.2, 0.25) is 5.02 Å². The van der Waals surface area contributed by atoms with Gasteiger partial charge in [0.25, 0.3) is 11.4 Å². The first-order chi connectivity index (χ1) is 16.9. The number of nitriles is 1. The Bertz CT molecular complexity index is 1440. The lowest BCUT2D eigenvalue weighted by Crippen LogP contribution is -2.30. The highest BCUT2D eigenvalue weighted by Gasteiger charge is 2.25. The van der Waals surface area contributed by atoms with E-state index < -0.39 is 17.5 Å². The molecule has 1 unspecified atom stereocenters. The highest BCUT2D eigenvalue weighted by Crippen LogP contribution is 2.27. The molecule has 4 rings (SSSR count). The number of halogens is 1. The Labute approximate surface area is 206 Å². The number of pyridine rings is 1. The van der Waals surface area contributed by atoms with Crippen molar-refractivity contribution in [3.63, 3.8) is 0 Å². The Morgan fingerprint density at radius 1 is 1.26 bits per heavy atom. The lowest BCUT2D eigenvalue weighted by molar-refractivity contribution is 0.431. The Hall–Kier alpha value is -4.03. The maximum Gasteiger partial charge on any atom is 0.270 e. The van der Waals surface area contributed by atoms with Crippen LogP contribution in [0.25, 0.3) is 11.5 Å². The van der Waals surface area contributed by atoms with Gasteiger partial charge in [-0.1, -0.05) is 37.1 Å². The van der Waals surface area contributed by atoms with Crippen LogP contribution in [0.4, 0.5) is 0 Å². The molecule has 0 bridgehead atoms. The van der Waals surface area contributed by atoms with E-state index in [-0.39, 0.29) is 23.8 Å². The van der Waals surface area contributed by atoms with Crippen molar-refractivity contribution < 1.29 is 9.52 Å². The van der Waals surface area contributed by atoms with Crippen LogP contribution in [-0.4, -0.2) is 29.8 Å². The molecule has 35 heavy (non-hydrogen) atoms. The van der Waals surface area contributed by atoms with Crippen LogP contribution in [0.1, 0.15) is 61.3 Å². The maximum absolute atomic E-state index is 13.7. The van der Waals surface area contributed by atoms with Crippen LogP contribution in [0, 0.1) is 11.3 Å². The van der Waals surface area contributed by atoms with Crippen LogP contribution in [0.15, 0.2) is 51.8 Å². The third-order valence-corrected chi connectivity index (χ3v) is 5.83. The van der Waals surface area contributed by atoms with Crippen LogP contribution >= 0.6 is 11.6 Å². The van der Waals surface area contributed by atoms with Crippen molar-refractivity contribution >= 4 is 11.6 Å². The van der Waals surface area contributed by atoms with Gasteiger partial charge in [0.1, 0.15) is 5.82 Å². The summed E-state index contributed by atoms with van der Waals surface area (Å²) in [5.74, 6) is 0.0796.